The van der Waals surface area contributed by atoms with E-state index in [0.29, 0.717) is 5.57 Å². The Labute approximate surface area is 158 Å². The minimum absolute atomic E-state index is 0.567. The summed E-state index contributed by atoms with van der Waals surface area (Å²) in [6, 6.07) is 20.1. The standard InChI is InChI=1S/C22H20N2OS/c1-2-3-13-25-20-11-9-17(10-12-20)14-19(15-23)22-24-21(16-26-22)18-7-5-4-6-8-18/h4-12,14,16H,2-3,13H2,1H3. The molecule has 0 spiro atoms. The molecule has 3 aromatic rings. The van der Waals surface area contributed by atoms with E-state index in [0.717, 1.165) is 47.0 Å². The molecule has 0 saturated carbocycles. The molecule has 0 bridgehead atoms. The number of ether oxygens (including phenoxy) is 1. The first kappa shape index (κ1) is 17.9. The quantitative estimate of drug-likeness (QED) is 0.380. The maximum absolute atomic E-state index is 9.54. The summed E-state index contributed by atoms with van der Waals surface area (Å²) in [4.78, 5) is 4.62. The number of hydrogen-bond acceptors (Lipinski definition) is 4. The van der Waals surface area contributed by atoms with E-state index in [-0.39, 0.29) is 0 Å². The molecular weight excluding hydrogens is 340 g/mol. The van der Waals surface area contributed by atoms with Gasteiger partial charge in [-0.25, -0.2) is 4.98 Å². The smallest absolute Gasteiger partial charge is 0.134 e. The Hall–Kier alpha value is -2.90. The molecule has 1 aromatic heterocycles. The Morgan fingerprint density at radius 2 is 1.92 bits per heavy atom. The lowest BCUT2D eigenvalue weighted by atomic mass is 10.1. The molecule has 0 amide bonds. The van der Waals surface area contributed by atoms with Crippen LogP contribution in [0, 0.1) is 11.3 Å². The van der Waals surface area contributed by atoms with Crippen molar-refractivity contribution in [3.05, 3.63) is 70.5 Å². The first-order chi connectivity index (χ1) is 12.8. The molecule has 0 fully saturated rings. The summed E-state index contributed by atoms with van der Waals surface area (Å²) >= 11 is 1.49. The molecule has 1 heterocycles. The van der Waals surface area contributed by atoms with Crippen LogP contribution in [0.2, 0.25) is 0 Å². The maximum Gasteiger partial charge on any atom is 0.134 e. The van der Waals surface area contributed by atoms with Gasteiger partial charge < -0.3 is 4.74 Å². The molecule has 4 heteroatoms. The maximum atomic E-state index is 9.54. The van der Waals surface area contributed by atoms with Crippen LogP contribution in [0.3, 0.4) is 0 Å². The van der Waals surface area contributed by atoms with Crippen molar-refractivity contribution in [1.29, 1.82) is 5.26 Å². The summed E-state index contributed by atoms with van der Waals surface area (Å²) in [5, 5.41) is 12.3. The minimum atomic E-state index is 0.567. The zero-order valence-corrected chi connectivity index (χ0v) is 15.5. The van der Waals surface area contributed by atoms with Gasteiger partial charge in [0.25, 0.3) is 0 Å². The Morgan fingerprint density at radius 3 is 2.62 bits per heavy atom. The van der Waals surface area contributed by atoms with Crippen LogP contribution in [0.4, 0.5) is 0 Å². The molecule has 26 heavy (non-hydrogen) atoms. The average molecular weight is 360 g/mol. The highest BCUT2D eigenvalue weighted by atomic mass is 32.1. The molecule has 0 aliphatic heterocycles. The number of thiazole rings is 1. The SMILES string of the molecule is CCCCOc1ccc(C=C(C#N)c2nc(-c3ccccc3)cs2)cc1. The molecule has 0 aliphatic carbocycles. The zero-order chi connectivity index (χ0) is 18.2. The van der Waals surface area contributed by atoms with Gasteiger partial charge in [-0.15, -0.1) is 11.3 Å². The van der Waals surface area contributed by atoms with Gasteiger partial charge in [0.15, 0.2) is 0 Å². The van der Waals surface area contributed by atoms with Gasteiger partial charge >= 0.3 is 0 Å². The highest BCUT2D eigenvalue weighted by Crippen LogP contribution is 2.27. The van der Waals surface area contributed by atoms with Crippen LogP contribution in [0.25, 0.3) is 22.9 Å². The van der Waals surface area contributed by atoms with E-state index in [1.165, 1.54) is 11.3 Å². The summed E-state index contributed by atoms with van der Waals surface area (Å²) in [5.41, 5.74) is 3.48. The number of hydrogen-bond donors (Lipinski definition) is 0. The van der Waals surface area contributed by atoms with Crippen molar-refractivity contribution in [3.63, 3.8) is 0 Å². The monoisotopic (exact) mass is 360 g/mol. The van der Waals surface area contributed by atoms with Crippen molar-refractivity contribution in [3.8, 4) is 23.1 Å². The Balaban J connectivity index is 1.76. The van der Waals surface area contributed by atoms with Gasteiger partial charge in [-0.3, -0.25) is 0 Å². The first-order valence-corrected chi connectivity index (χ1v) is 9.54. The van der Waals surface area contributed by atoms with Crippen LogP contribution in [0.1, 0.15) is 30.3 Å². The van der Waals surface area contributed by atoms with Crippen molar-refractivity contribution in [2.75, 3.05) is 6.61 Å². The van der Waals surface area contributed by atoms with Gasteiger partial charge in [0, 0.05) is 10.9 Å². The number of nitriles is 1. The second-order valence-electron chi connectivity index (χ2n) is 5.84. The van der Waals surface area contributed by atoms with E-state index < -0.39 is 0 Å². The van der Waals surface area contributed by atoms with Crippen molar-refractivity contribution in [2.24, 2.45) is 0 Å². The largest absolute Gasteiger partial charge is 0.494 e. The summed E-state index contributed by atoms with van der Waals surface area (Å²) < 4.78 is 5.67. The Bertz CT molecular complexity index is 905. The Kier molecular flexibility index (Phi) is 6.19. The zero-order valence-electron chi connectivity index (χ0n) is 14.7. The van der Waals surface area contributed by atoms with Gasteiger partial charge in [0.2, 0.25) is 0 Å². The molecule has 0 atom stereocenters. The predicted molar refractivity (Wildman–Crippen MR) is 108 cm³/mol. The fraction of sp³-hybridized carbons (Fsp3) is 0.182. The number of allylic oxidation sites excluding steroid dienone is 1. The predicted octanol–water partition coefficient (Wildman–Crippen LogP) is 6.05. The molecular formula is C22H20N2OS. The van der Waals surface area contributed by atoms with E-state index in [2.05, 4.69) is 18.0 Å². The second-order valence-corrected chi connectivity index (χ2v) is 6.70. The fourth-order valence-electron chi connectivity index (χ4n) is 2.44. The first-order valence-electron chi connectivity index (χ1n) is 8.66. The van der Waals surface area contributed by atoms with Crippen LogP contribution in [-0.2, 0) is 0 Å². The highest BCUT2D eigenvalue weighted by molar-refractivity contribution is 7.11. The van der Waals surface area contributed by atoms with Crippen LogP contribution in [0.5, 0.6) is 5.75 Å². The van der Waals surface area contributed by atoms with E-state index in [1.54, 1.807) is 0 Å². The van der Waals surface area contributed by atoms with Crippen LogP contribution < -0.4 is 4.74 Å². The normalized spacial score (nSPS) is 11.2. The lowest BCUT2D eigenvalue weighted by molar-refractivity contribution is 0.309. The molecule has 0 radical (unpaired) electrons. The minimum Gasteiger partial charge on any atom is -0.494 e. The fourth-order valence-corrected chi connectivity index (χ4v) is 3.24. The van der Waals surface area contributed by atoms with Gasteiger partial charge in [-0.05, 0) is 30.2 Å². The number of unbranched alkanes of at least 4 members (excludes halogenated alkanes) is 1. The summed E-state index contributed by atoms with van der Waals surface area (Å²) in [7, 11) is 0. The lowest BCUT2D eigenvalue weighted by Gasteiger charge is -2.05. The van der Waals surface area contributed by atoms with Gasteiger partial charge in [0.1, 0.15) is 16.8 Å². The van der Waals surface area contributed by atoms with Crippen LogP contribution in [-0.4, -0.2) is 11.6 Å². The molecule has 0 N–H and O–H groups in total. The van der Waals surface area contributed by atoms with E-state index in [4.69, 9.17) is 4.74 Å². The molecule has 130 valence electrons. The van der Waals surface area contributed by atoms with Gasteiger partial charge in [-0.2, -0.15) is 5.26 Å². The van der Waals surface area contributed by atoms with E-state index in [9.17, 15) is 5.26 Å². The number of nitrogens with zero attached hydrogens (tertiary/aromatic N) is 2. The van der Waals surface area contributed by atoms with E-state index in [1.807, 2.05) is 66.1 Å². The average Bonchev–Trinajstić information content (AvgIpc) is 3.18. The van der Waals surface area contributed by atoms with Crippen molar-refractivity contribution in [2.45, 2.75) is 19.8 Å². The summed E-state index contributed by atoms with van der Waals surface area (Å²) in [6.45, 7) is 2.87. The van der Waals surface area contributed by atoms with Crippen molar-refractivity contribution in [1.82, 2.24) is 4.98 Å². The third-order valence-corrected chi connectivity index (χ3v) is 4.76. The molecule has 0 aliphatic rings. The van der Waals surface area contributed by atoms with Crippen molar-refractivity contribution >= 4 is 23.0 Å². The van der Waals surface area contributed by atoms with Gasteiger partial charge in [0.05, 0.1) is 17.9 Å². The number of aromatic nitrogens is 1. The molecule has 2 aromatic carbocycles. The molecule has 3 rings (SSSR count). The van der Waals surface area contributed by atoms with Crippen LogP contribution >= 0.6 is 11.3 Å². The van der Waals surface area contributed by atoms with Crippen LogP contribution in [0.15, 0.2) is 60.0 Å². The number of rotatable bonds is 7. The molecule has 0 unspecified atom stereocenters. The summed E-state index contributed by atoms with van der Waals surface area (Å²) in [6.07, 6.45) is 4.03. The summed E-state index contributed by atoms with van der Waals surface area (Å²) in [5.74, 6) is 0.856. The second kappa shape index (κ2) is 8.98. The lowest BCUT2D eigenvalue weighted by Crippen LogP contribution is -1.95. The van der Waals surface area contributed by atoms with Gasteiger partial charge in [-0.1, -0.05) is 55.8 Å². The molecule has 3 nitrogen and oxygen atoms in total. The third-order valence-electron chi connectivity index (χ3n) is 3.88. The molecule has 0 saturated heterocycles. The van der Waals surface area contributed by atoms with Crippen molar-refractivity contribution < 1.29 is 4.74 Å². The van der Waals surface area contributed by atoms with E-state index >= 15 is 0 Å². The number of benzene rings is 2. The highest BCUT2D eigenvalue weighted by Gasteiger charge is 2.09. The third kappa shape index (κ3) is 4.59. The topological polar surface area (TPSA) is 45.9 Å². The Morgan fingerprint density at radius 1 is 1.15 bits per heavy atom.